The molecule has 0 unspecified atom stereocenters. The first kappa shape index (κ1) is 16.2. The Morgan fingerprint density at radius 3 is 2.76 bits per heavy atom. The van der Waals surface area contributed by atoms with E-state index in [4.69, 9.17) is 5.11 Å². The summed E-state index contributed by atoms with van der Waals surface area (Å²) in [6, 6.07) is 11.7. The molecule has 21 heavy (non-hydrogen) atoms. The Hall–Kier alpha value is -1.17. The van der Waals surface area contributed by atoms with Crippen molar-refractivity contribution in [3.05, 3.63) is 56.2 Å². The summed E-state index contributed by atoms with van der Waals surface area (Å²) in [5, 5.41) is 12.0. The van der Waals surface area contributed by atoms with Crippen LogP contribution in [0.15, 0.2) is 40.2 Å². The maximum atomic E-state index is 11.8. The number of nitrogens with one attached hydrogen (secondary N) is 1. The molecule has 112 valence electrons. The lowest BCUT2D eigenvalue weighted by Crippen LogP contribution is -2.22. The highest BCUT2D eigenvalue weighted by molar-refractivity contribution is 9.11. The van der Waals surface area contributed by atoms with Gasteiger partial charge in [-0.2, -0.15) is 0 Å². The second-order valence-electron chi connectivity index (χ2n) is 4.81. The van der Waals surface area contributed by atoms with Crippen molar-refractivity contribution in [1.82, 2.24) is 5.32 Å². The van der Waals surface area contributed by atoms with Gasteiger partial charge in [-0.3, -0.25) is 4.79 Å². The van der Waals surface area contributed by atoms with E-state index in [-0.39, 0.29) is 12.5 Å². The molecule has 0 aliphatic rings. The van der Waals surface area contributed by atoms with E-state index in [1.165, 1.54) is 4.88 Å². The predicted octanol–water partition coefficient (Wildman–Crippen LogP) is 3.64. The summed E-state index contributed by atoms with van der Waals surface area (Å²) in [5.41, 5.74) is 1.88. The highest BCUT2D eigenvalue weighted by Gasteiger charge is 2.04. The fourth-order valence-electron chi connectivity index (χ4n) is 2.04. The largest absolute Gasteiger partial charge is 0.392 e. The minimum atomic E-state index is 0.0260. The van der Waals surface area contributed by atoms with Gasteiger partial charge in [-0.15, -0.1) is 11.3 Å². The maximum absolute atomic E-state index is 11.8. The second-order valence-corrected chi connectivity index (χ2v) is 7.36. The molecule has 0 atom stereocenters. The molecule has 0 bridgehead atoms. The number of carbonyl (C=O) groups excluding carboxylic acids is 1. The molecule has 0 radical (unpaired) electrons. The lowest BCUT2D eigenvalue weighted by atomic mass is 10.1. The van der Waals surface area contributed by atoms with Crippen LogP contribution in [0.4, 0.5) is 0 Å². The molecule has 0 saturated carbocycles. The average Bonchev–Trinajstić information content (AvgIpc) is 2.91. The quantitative estimate of drug-likeness (QED) is 0.784. The van der Waals surface area contributed by atoms with Gasteiger partial charge in [0.15, 0.2) is 0 Å². The van der Waals surface area contributed by atoms with Crippen LogP contribution in [0, 0.1) is 0 Å². The van der Waals surface area contributed by atoms with Gasteiger partial charge in [0.1, 0.15) is 0 Å². The van der Waals surface area contributed by atoms with Crippen LogP contribution in [0.5, 0.6) is 0 Å². The number of carbonyl (C=O) groups is 1. The minimum absolute atomic E-state index is 0.0260. The third kappa shape index (κ3) is 5.61. The molecule has 2 N–H and O–H groups in total. The SMILES string of the molecule is O=C(CCCc1ccc(Br)s1)NCc1cccc(CO)c1. The molecule has 1 aromatic heterocycles. The van der Waals surface area contributed by atoms with Gasteiger partial charge >= 0.3 is 0 Å². The fraction of sp³-hybridized carbons (Fsp3) is 0.312. The van der Waals surface area contributed by atoms with Crippen LogP contribution in [0.1, 0.15) is 28.8 Å². The highest BCUT2D eigenvalue weighted by Crippen LogP contribution is 2.23. The molecule has 2 aromatic rings. The number of hydrogen-bond acceptors (Lipinski definition) is 3. The van der Waals surface area contributed by atoms with Crippen LogP contribution in [-0.2, 0) is 24.4 Å². The lowest BCUT2D eigenvalue weighted by molar-refractivity contribution is -0.121. The van der Waals surface area contributed by atoms with E-state index in [1.807, 2.05) is 30.3 Å². The standard InChI is InChI=1S/C16H18BrNO2S/c17-15-8-7-14(21-15)5-2-6-16(20)18-10-12-3-1-4-13(9-12)11-19/h1,3-4,7-9,19H,2,5-6,10-11H2,(H,18,20). The van der Waals surface area contributed by atoms with E-state index in [1.54, 1.807) is 11.3 Å². The summed E-state index contributed by atoms with van der Waals surface area (Å²) in [7, 11) is 0. The zero-order valence-corrected chi connectivity index (χ0v) is 14.0. The molecule has 0 saturated heterocycles. The minimum Gasteiger partial charge on any atom is -0.392 e. The van der Waals surface area contributed by atoms with Crippen molar-refractivity contribution in [3.63, 3.8) is 0 Å². The molecule has 0 aliphatic heterocycles. The van der Waals surface area contributed by atoms with Crippen molar-refractivity contribution >= 4 is 33.2 Å². The number of rotatable bonds is 7. The first-order chi connectivity index (χ1) is 10.2. The van der Waals surface area contributed by atoms with Crippen LogP contribution in [0.2, 0.25) is 0 Å². The normalized spacial score (nSPS) is 10.6. The van der Waals surface area contributed by atoms with E-state index >= 15 is 0 Å². The molecule has 0 fully saturated rings. The molecule has 3 nitrogen and oxygen atoms in total. The number of aliphatic hydroxyl groups is 1. The van der Waals surface area contributed by atoms with Gasteiger partial charge in [0.25, 0.3) is 0 Å². The highest BCUT2D eigenvalue weighted by atomic mass is 79.9. The van der Waals surface area contributed by atoms with E-state index in [0.29, 0.717) is 13.0 Å². The van der Waals surface area contributed by atoms with E-state index in [2.05, 4.69) is 27.3 Å². The maximum Gasteiger partial charge on any atom is 0.220 e. The van der Waals surface area contributed by atoms with E-state index in [9.17, 15) is 4.79 Å². The first-order valence-electron chi connectivity index (χ1n) is 6.87. The van der Waals surface area contributed by atoms with Crippen molar-refractivity contribution in [3.8, 4) is 0 Å². The molecular weight excluding hydrogens is 350 g/mol. The Bertz CT molecular complexity index is 597. The van der Waals surface area contributed by atoms with E-state index < -0.39 is 0 Å². The summed E-state index contributed by atoms with van der Waals surface area (Å²) >= 11 is 5.15. The second kappa shape index (κ2) is 8.32. The summed E-state index contributed by atoms with van der Waals surface area (Å²) in [5.74, 6) is 0.0695. The van der Waals surface area contributed by atoms with Gasteiger partial charge in [-0.25, -0.2) is 0 Å². The number of hydrogen-bond donors (Lipinski definition) is 2. The summed E-state index contributed by atoms with van der Waals surface area (Å²) in [6.07, 6.45) is 2.33. The monoisotopic (exact) mass is 367 g/mol. The number of amides is 1. The van der Waals surface area contributed by atoms with Crippen LogP contribution in [0.25, 0.3) is 0 Å². The third-order valence-electron chi connectivity index (χ3n) is 3.12. The Labute approximate surface area is 137 Å². The average molecular weight is 368 g/mol. The molecule has 2 rings (SSSR count). The predicted molar refractivity (Wildman–Crippen MR) is 89.2 cm³/mol. The molecule has 1 aromatic carbocycles. The van der Waals surface area contributed by atoms with Crippen molar-refractivity contribution in [2.24, 2.45) is 0 Å². The number of thiophene rings is 1. The van der Waals surface area contributed by atoms with Gasteiger partial charge in [0.2, 0.25) is 5.91 Å². The summed E-state index contributed by atoms with van der Waals surface area (Å²) in [6.45, 7) is 0.537. The zero-order chi connectivity index (χ0) is 15.1. The van der Waals surface area contributed by atoms with Crippen molar-refractivity contribution in [2.45, 2.75) is 32.4 Å². The van der Waals surface area contributed by atoms with Crippen LogP contribution in [-0.4, -0.2) is 11.0 Å². The van der Waals surface area contributed by atoms with E-state index in [0.717, 1.165) is 27.8 Å². The molecule has 5 heteroatoms. The van der Waals surface area contributed by atoms with Crippen molar-refractivity contribution in [1.29, 1.82) is 0 Å². The Kier molecular flexibility index (Phi) is 6.42. The summed E-state index contributed by atoms with van der Waals surface area (Å²) < 4.78 is 1.13. The Balaban J connectivity index is 1.69. The molecule has 0 spiro atoms. The van der Waals surface area contributed by atoms with Gasteiger partial charge in [-0.1, -0.05) is 24.3 Å². The smallest absolute Gasteiger partial charge is 0.220 e. The van der Waals surface area contributed by atoms with Gasteiger partial charge < -0.3 is 10.4 Å². The lowest BCUT2D eigenvalue weighted by Gasteiger charge is -2.06. The zero-order valence-electron chi connectivity index (χ0n) is 11.6. The van der Waals surface area contributed by atoms with Gasteiger partial charge in [0, 0.05) is 17.8 Å². The van der Waals surface area contributed by atoms with Crippen LogP contribution < -0.4 is 5.32 Å². The summed E-state index contributed by atoms with van der Waals surface area (Å²) in [4.78, 5) is 13.1. The van der Waals surface area contributed by atoms with Crippen LogP contribution >= 0.6 is 27.3 Å². The number of aryl methyl sites for hydroxylation is 1. The Morgan fingerprint density at radius 1 is 1.24 bits per heavy atom. The first-order valence-corrected chi connectivity index (χ1v) is 8.48. The third-order valence-corrected chi connectivity index (χ3v) is 4.80. The van der Waals surface area contributed by atoms with Crippen LogP contribution in [0.3, 0.4) is 0 Å². The Morgan fingerprint density at radius 2 is 2.05 bits per heavy atom. The molecule has 1 heterocycles. The fourth-order valence-corrected chi connectivity index (χ4v) is 3.56. The topological polar surface area (TPSA) is 49.3 Å². The number of aliphatic hydroxyl groups excluding tert-OH is 1. The number of benzene rings is 1. The molecule has 1 amide bonds. The van der Waals surface area contributed by atoms with Crippen molar-refractivity contribution in [2.75, 3.05) is 0 Å². The van der Waals surface area contributed by atoms with Gasteiger partial charge in [-0.05, 0) is 52.0 Å². The number of halogens is 1. The molecular formula is C16H18BrNO2S. The van der Waals surface area contributed by atoms with Gasteiger partial charge in [0.05, 0.1) is 10.4 Å². The molecule has 0 aliphatic carbocycles. The van der Waals surface area contributed by atoms with Crippen molar-refractivity contribution < 1.29 is 9.90 Å².